The molecule has 0 aliphatic carbocycles. The maximum atomic E-state index is 5.86. The number of guanidine groups is 1. The van der Waals surface area contributed by atoms with Gasteiger partial charge in [-0.15, -0.1) is 0 Å². The molecule has 1 aliphatic heterocycles. The van der Waals surface area contributed by atoms with Gasteiger partial charge in [0, 0.05) is 51.9 Å². The SMILES string of the molecule is CCNC(=NCC(C)COCc1ccccc1)N1CCN(Cc2ccon2)CC1. The van der Waals surface area contributed by atoms with Gasteiger partial charge in [-0.25, -0.2) is 0 Å². The van der Waals surface area contributed by atoms with Crippen molar-refractivity contribution in [3.8, 4) is 0 Å². The summed E-state index contributed by atoms with van der Waals surface area (Å²) in [6.45, 7) is 12.1. The second-order valence-electron chi connectivity index (χ2n) is 7.55. The summed E-state index contributed by atoms with van der Waals surface area (Å²) in [6, 6.07) is 12.2. The number of rotatable bonds is 9. The van der Waals surface area contributed by atoms with Gasteiger partial charge in [-0.2, -0.15) is 0 Å². The number of aromatic nitrogens is 1. The molecule has 1 fully saturated rings. The van der Waals surface area contributed by atoms with Crippen LogP contribution >= 0.6 is 0 Å². The van der Waals surface area contributed by atoms with Crippen LogP contribution in [0.4, 0.5) is 0 Å². The zero-order valence-corrected chi connectivity index (χ0v) is 17.6. The van der Waals surface area contributed by atoms with Crippen molar-refractivity contribution in [3.05, 3.63) is 53.9 Å². The molecule has 1 N–H and O–H groups in total. The first-order valence-electron chi connectivity index (χ1n) is 10.5. The van der Waals surface area contributed by atoms with Gasteiger partial charge in [-0.05, 0) is 18.4 Å². The van der Waals surface area contributed by atoms with Crippen LogP contribution in [0.1, 0.15) is 25.1 Å². The molecule has 1 atom stereocenters. The highest BCUT2D eigenvalue weighted by Crippen LogP contribution is 2.08. The number of hydrogen-bond donors (Lipinski definition) is 1. The molecule has 0 spiro atoms. The van der Waals surface area contributed by atoms with Gasteiger partial charge in [0.15, 0.2) is 5.96 Å². The normalized spacial score (nSPS) is 16.8. The van der Waals surface area contributed by atoms with E-state index in [4.69, 9.17) is 14.3 Å². The average Bonchev–Trinajstić information content (AvgIpc) is 3.26. The van der Waals surface area contributed by atoms with Crippen LogP contribution in [0.2, 0.25) is 0 Å². The second-order valence-corrected chi connectivity index (χ2v) is 7.55. The number of nitrogens with zero attached hydrogens (tertiary/aromatic N) is 4. The molecular weight excluding hydrogens is 366 g/mol. The Morgan fingerprint density at radius 1 is 1.21 bits per heavy atom. The number of hydrogen-bond acceptors (Lipinski definition) is 5. The molecule has 3 rings (SSSR count). The number of aliphatic imine (C=N–C) groups is 1. The Labute approximate surface area is 173 Å². The predicted molar refractivity (Wildman–Crippen MR) is 115 cm³/mol. The lowest BCUT2D eigenvalue weighted by molar-refractivity contribution is 0.0943. The van der Waals surface area contributed by atoms with Gasteiger partial charge >= 0.3 is 0 Å². The van der Waals surface area contributed by atoms with Gasteiger partial charge in [0.05, 0.1) is 18.9 Å². The standard InChI is InChI=1S/C22H33N5O2/c1-3-23-22(24-15-19(2)17-28-18-20-7-5-4-6-8-20)27-12-10-26(11-13-27)16-21-9-14-29-25-21/h4-9,14,19H,3,10-13,15-18H2,1-2H3,(H,23,24). The van der Waals surface area contributed by atoms with Crippen LogP contribution in [0.3, 0.4) is 0 Å². The molecule has 7 nitrogen and oxygen atoms in total. The van der Waals surface area contributed by atoms with Gasteiger partial charge in [-0.1, -0.05) is 42.4 Å². The first-order valence-corrected chi connectivity index (χ1v) is 10.5. The molecule has 1 aromatic carbocycles. The molecular formula is C22H33N5O2. The zero-order valence-electron chi connectivity index (χ0n) is 17.6. The van der Waals surface area contributed by atoms with E-state index in [2.05, 4.69) is 46.3 Å². The quantitative estimate of drug-likeness (QED) is 0.517. The van der Waals surface area contributed by atoms with Crippen molar-refractivity contribution in [1.29, 1.82) is 0 Å². The van der Waals surface area contributed by atoms with E-state index in [1.54, 1.807) is 6.26 Å². The van der Waals surface area contributed by atoms with Crippen molar-refractivity contribution in [1.82, 2.24) is 20.3 Å². The molecule has 1 saturated heterocycles. The van der Waals surface area contributed by atoms with Crippen LogP contribution in [0.15, 0.2) is 52.2 Å². The van der Waals surface area contributed by atoms with E-state index in [9.17, 15) is 0 Å². The van der Waals surface area contributed by atoms with E-state index in [1.807, 2.05) is 24.3 Å². The van der Waals surface area contributed by atoms with E-state index in [0.29, 0.717) is 19.1 Å². The molecule has 2 aromatic rings. The second kappa shape index (κ2) is 11.6. The molecule has 0 saturated carbocycles. The summed E-state index contributed by atoms with van der Waals surface area (Å²) in [5, 5.41) is 7.45. The first kappa shape index (κ1) is 21.3. The lowest BCUT2D eigenvalue weighted by Crippen LogP contribution is -2.52. The number of piperazine rings is 1. The summed E-state index contributed by atoms with van der Waals surface area (Å²) in [4.78, 5) is 9.62. The van der Waals surface area contributed by atoms with Gasteiger partial charge in [0.1, 0.15) is 6.26 Å². The highest BCUT2D eigenvalue weighted by Gasteiger charge is 2.20. The smallest absolute Gasteiger partial charge is 0.194 e. The van der Waals surface area contributed by atoms with Gasteiger partial charge < -0.3 is 19.5 Å². The summed E-state index contributed by atoms with van der Waals surface area (Å²) in [5.74, 6) is 1.38. The van der Waals surface area contributed by atoms with E-state index >= 15 is 0 Å². The highest BCUT2D eigenvalue weighted by molar-refractivity contribution is 5.80. The molecule has 1 aromatic heterocycles. The van der Waals surface area contributed by atoms with Crippen LogP contribution in [0, 0.1) is 5.92 Å². The first-order chi connectivity index (χ1) is 14.2. The minimum Gasteiger partial charge on any atom is -0.376 e. The van der Waals surface area contributed by atoms with E-state index in [-0.39, 0.29) is 0 Å². The summed E-state index contributed by atoms with van der Waals surface area (Å²) < 4.78 is 10.8. The van der Waals surface area contributed by atoms with E-state index < -0.39 is 0 Å². The van der Waals surface area contributed by atoms with Crippen LogP contribution in [-0.4, -0.2) is 66.8 Å². The topological polar surface area (TPSA) is 66.1 Å². The van der Waals surface area contributed by atoms with Crippen LogP contribution in [-0.2, 0) is 17.9 Å². The third-order valence-electron chi connectivity index (χ3n) is 4.95. The average molecular weight is 400 g/mol. The van der Waals surface area contributed by atoms with Crippen molar-refractivity contribution in [2.45, 2.75) is 27.0 Å². The molecule has 0 amide bonds. The maximum absolute atomic E-state index is 5.86. The zero-order chi connectivity index (χ0) is 20.3. The fourth-order valence-corrected chi connectivity index (χ4v) is 3.34. The maximum Gasteiger partial charge on any atom is 0.194 e. The van der Waals surface area contributed by atoms with Crippen molar-refractivity contribution < 1.29 is 9.26 Å². The Bertz CT molecular complexity index is 712. The molecule has 29 heavy (non-hydrogen) atoms. The van der Waals surface area contributed by atoms with Gasteiger partial charge in [0.25, 0.3) is 0 Å². The lowest BCUT2D eigenvalue weighted by Gasteiger charge is -2.36. The Kier molecular flexibility index (Phi) is 8.52. The summed E-state index contributed by atoms with van der Waals surface area (Å²) in [6.07, 6.45) is 1.63. The van der Waals surface area contributed by atoms with Crippen molar-refractivity contribution in [3.63, 3.8) is 0 Å². The Morgan fingerprint density at radius 3 is 2.69 bits per heavy atom. The molecule has 0 bridgehead atoms. The third-order valence-corrected chi connectivity index (χ3v) is 4.95. The summed E-state index contributed by atoms with van der Waals surface area (Å²) in [5.41, 5.74) is 2.20. The van der Waals surface area contributed by atoms with Crippen LogP contribution < -0.4 is 5.32 Å². The number of nitrogens with one attached hydrogen (secondary N) is 1. The minimum atomic E-state index is 0.376. The fourth-order valence-electron chi connectivity index (χ4n) is 3.34. The third kappa shape index (κ3) is 7.18. The molecule has 0 radical (unpaired) electrons. The van der Waals surface area contributed by atoms with Crippen molar-refractivity contribution >= 4 is 5.96 Å². The summed E-state index contributed by atoms with van der Waals surface area (Å²) in [7, 11) is 0. The summed E-state index contributed by atoms with van der Waals surface area (Å²) >= 11 is 0. The highest BCUT2D eigenvalue weighted by atomic mass is 16.5. The van der Waals surface area contributed by atoms with Crippen LogP contribution in [0.25, 0.3) is 0 Å². The minimum absolute atomic E-state index is 0.376. The van der Waals surface area contributed by atoms with E-state index in [1.165, 1.54) is 5.56 Å². The molecule has 7 heteroatoms. The Balaban J connectivity index is 1.41. The molecule has 158 valence electrons. The molecule has 1 aliphatic rings. The monoisotopic (exact) mass is 399 g/mol. The molecule has 2 heterocycles. The largest absolute Gasteiger partial charge is 0.376 e. The van der Waals surface area contributed by atoms with Crippen molar-refractivity contribution in [2.75, 3.05) is 45.9 Å². The Hall–Kier alpha value is -2.38. The van der Waals surface area contributed by atoms with E-state index in [0.717, 1.165) is 57.5 Å². The number of ether oxygens (including phenoxy) is 1. The van der Waals surface area contributed by atoms with Crippen LogP contribution in [0.5, 0.6) is 0 Å². The van der Waals surface area contributed by atoms with Gasteiger partial charge in [-0.3, -0.25) is 9.89 Å². The molecule has 1 unspecified atom stereocenters. The predicted octanol–water partition coefficient (Wildman–Crippen LogP) is 2.61. The van der Waals surface area contributed by atoms with Crippen molar-refractivity contribution in [2.24, 2.45) is 10.9 Å². The lowest BCUT2D eigenvalue weighted by atomic mass is 10.2. The van der Waals surface area contributed by atoms with Gasteiger partial charge in [0.2, 0.25) is 0 Å². The fraction of sp³-hybridized carbons (Fsp3) is 0.545. The Morgan fingerprint density at radius 2 is 2.00 bits per heavy atom. The number of benzene rings is 1.